The summed E-state index contributed by atoms with van der Waals surface area (Å²) in [6.07, 6.45) is 2.13. The van der Waals surface area contributed by atoms with Gasteiger partial charge in [0.1, 0.15) is 5.75 Å². The van der Waals surface area contributed by atoms with Crippen molar-refractivity contribution in [1.29, 1.82) is 0 Å². The number of ether oxygens (including phenoxy) is 1. The number of carbonyl (C=O) groups is 1. The van der Waals surface area contributed by atoms with Crippen LogP contribution in [-0.4, -0.2) is 49.2 Å². The fourth-order valence-corrected chi connectivity index (χ4v) is 4.53. The zero-order valence-corrected chi connectivity index (χ0v) is 17.5. The second-order valence-electron chi connectivity index (χ2n) is 6.73. The van der Waals surface area contributed by atoms with E-state index < -0.39 is 0 Å². The van der Waals surface area contributed by atoms with Crippen LogP contribution < -0.4 is 5.32 Å². The van der Waals surface area contributed by atoms with Gasteiger partial charge >= 0.3 is 0 Å². The van der Waals surface area contributed by atoms with Crippen LogP contribution in [0.4, 0.5) is 5.13 Å². The van der Waals surface area contributed by atoms with Gasteiger partial charge in [-0.15, -0.1) is 21.5 Å². The molecule has 1 aliphatic heterocycles. The number of thioether (sulfide) groups is 1. The maximum Gasteiger partial charge on any atom is 0.236 e. The summed E-state index contributed by atoms with van der Waals surface area (Å²) >= 11 is 2.74. The summed E-state index contributed by atoms with van der Waals surface area (Å²) in [5.74, 6) is 0.960. The first-order chi connectivity index (χ1) is 14.1. The molecular weight excluding hydrogens is 410 g/mol. The molecule has 3 aromatic rings. The molecule has 29 heavy (non-hydrogen) atoms. The van der Waals surface area contributed by atoms with Gasteiger partial charge in [0, 0.05) is 17.6 Å². The van der Waals surface area contributed by atoms with Gasteiger partial charge in [0.15, 0.2) is 16.1 Å². The number of phenolic OH excluding ortho intramolecular Hbond substituents is 1. The van der Waals surface area contributed by atoms with Gasteiger partial charge in [-0.1, -0.05) is 11.8 Å². The average molecular weight is 432 g/mol. The van der Waals surface area contributed by atoms with Crippen LogP contribution in [0.2, 0.25) is 0 Å². The Hall–Kier alpha value is -2.43. The van der Waals surface area contributed by atoms with Gasteiger partial charge < -0.3 is 15.2 Å². The second kappa shape index (κ2) is 8.93. The average Bonchev–Trinajstić information content (AvgIpc) is 3.44. The first kappa shape index (κ1) is 19.9. The van der Waals surface area contributed by atoms with Crippen LogP contribution in [0.15, 0.2) is 34.8 Å². The lowest BCUT2D eigenvalue weighted by molar-refractivity contribution is -0.113. The number of phenols is 1. The van der Waals surface area contributed by atoms with Gasteiger partial charge in [0.25, 0.3) is 0 Å². The first-order valence-electron chi connectivity index (χ1n) is 9.27. The number of benzene rings is 1. The topological polar surface area (TPSA) is 102 Å². The lowest BCUT2D eigenvalue weighted by Gasteiger charge is -2.14. The Kier molecular flexibility index (Phi) is 6.12. The molecule has 3 heterocycles. The minimum atomic E-state index is -0.137. The summed E-state index contributed by atoms with van der Waals surface area (Å²) in [5, 5.41) is 24.2. The predicted molar refractivity (Wildman–Crippen MR) is 112 cm³/mol. The predicted octanol–water partition coefficient (Wildman–Crippen LogP) is 3.33. The Morgan fingerprint density at radius 2 is 2.21 bits per heavy atom. The van der Waals surface area contributed by atoms with Crippen molar-refractivity contribution in [1.82, 2.24) is 19.7 Å². The molecular formula is C19H21N5O3S2. The van der Waals surface area contributed by atoms with Crippen LogP contribution in [0.5, 0.6) is 5.75 Å². The highest BCUT2D eigenvalue weighted by atomic mass is 32.2. The number of aromatic nitrogens is 4. The van der Waals surface area contributed by atoms with E-state index in [2.05, 4.69) is 20.5 Å². The van der Waals surface area contributed by atoms with Gasteiger partial charge in [-0.2, -0.15) is 0 Å². The summed E-state index contributed by atoms with van der Waals surface area (Å²) in [6, 6.07) is 6.85. The molecule has 0 aliphatic carbocycles. The summed E-state index contributed by atoms with van der Waals surface area (Å²) < 4.78 is 7.78. The van der Waals surface area contributed by atoms with E-state index in [0.29, 0.717) is 22.7 Å². The molecule has 10 heteroatoms. The standard InChI is InChI=1S/C19H21N5O3S2/c1-12-10-28-18(20-12)21-16(26)11-29-19-23-22-17(13-4-6-14(25)7-5-13)24(19)9-15-3-2-8-27-15/h4-7,10,15,25H,2-3,8-9,11H2,1H3,(H,20,21,26). The van der Waals surface area contributed by atoms with E-state index >= 15 is 0 Å². The minimum Gasteiger partial charge on any atom is -0.508 e. The maximum atomic E-state index is 12.3. The van der Waals surface area contributed by atoms with Crippen LogP contribution in [0.25, 0.3) is 11.4 Å². The molecule has 152 valence electrons. The van der Waals surface area contributed by atoms with Crippen molar-refractivity contribution in [2.75, 3.05) is 17.7 Å². The van der Waals surface area contributed by atoms with Gasteiger partial charge in [0.05, 0.1) is 24.1 Å². The van der Waals surface area contributed by atoms with Crippen LogP contribution in [-0.2, 0) is 16.1 Å². The number of carbonyl (C=O) groups excluding carboxylic acids is 1. The number of aryl methyl sites for hydroxylation is 1. The lowest BCUT2D eigenvalue weighted by Crippen LogP contribution is -2.18. The van der Waals surface area contributed by atoms with E-state index in [1.54, 1.807) is 24.3 Å². The van der Waals surface area contributed by atoms with Gasteiger partial charge in [0.2, 0.25) is 5.91 Å². The number of aromatic hydroxyl groups is 1. The third-order valence-electron chi connectivity index (χ3n) is 4.45. The number of hydrogen-bond donors (Lipinski definition) is 2. The zero-order valence-electron chi connectivity index (χ0n) is 15.9. The molecule has 1 aliphatic rings. The molecule has 1 fully saturated rings. The van der Waals surface area contributed by atoms with E-state index in [4.69, 9.17) is 4.74 Å². The van der Waals surface area contributed by atoms with E-state index in [0.717, 1.165) is 30.7 Å². The molecule has 8 nitrogen and oxygen atoms in total. The van der Waals surface area contributed by atoms with Crippen LogP contribution in [0.3, 0.4) is 0 Å². The van der Waals surface area contributed by atoms with E-state index in [1.165, 1.54) is 23.1 Å². The molecule has 2 N–H and O–H groups in total. The number of amides is 1. The SMILES string of the molecule is Cc1csc(NC(=O)CSc2nnc(-c3ccc(O)cc3)n2CC2CCCO2)n1. The Balaban J connectivity index is 1.50. The Bertz CT molecular complexity index is 980. The summed E-state index contributed by atoms with van der Waals surface area (Å²) in [7, 11) is 0. The number of anilines is 1. The number of rotatable bonds is 7. The van der Waals surface area contributed by atoms with Crippen molar-refractivity contribution in [2.24, 2.45) is 0 Å². The van der Waals surface area contributed by atoms with Gasteiger partial charge in [-0.3, -0.25) is 9.36 Å². The third-order valence-corrected chi connectivity index (χ3v) is 6.29. The number of thiazole rings is 1. The normalized spacial score (nSPS) is 16.2. The molecule has 0 radical (unpaired) electrons. The van der Waals surface area contributed by atoms with E-state index in [-0.39, 0.29) is 23.5 Å². The van der Waals surface area contributed by atoms with Crippen molar-refractivity contribution in [2.45, 2.75) is 37.6 Å². The quantitative estimate of drug-likeness (QED) is 0.553. The highest BCUT2D eigenvalue weighted by molar-refractivity contribution is 7.99. The molecule has 4 rings (SSSR count). The van der Waals surface area contributed by atoms with E-state index in [9.17, 15) is 9.90 Å². The van der Waals surface area contributed by atoms with Crippen LogP contribution in [0.1, 0.15) is 18.5 Å². The lowest BCUT2D eigenvalue weighted by atomic mass is 10.2. The fraction of sp³-hybridized carbons (Fsp3) is 0.368. The van der Waals surface area contributed by atoms with Crippen LogP contribution in [0, 0.1) is 6.92 Å². The highest BCUT2D eigenvalue weighted by Gasteiger charge is 2.22. The van der Waals surface area contributed by atoms with Crippen molar-refractivity contribution in [3.05, 3.63) is 35.3 Å². The Morgan fingerprint density at radius 1 is 1.38 bits per heavy atom. The molecule has 1 saturated heterocycles. The molecule has 0 bridgehead atoms. The van der Waals surface area contributed by atoms with Gasteiger partial charge in [-0.25, -0.2) is 4.98 Å². The summed E-state index contributed by atoms with van der Waals surface area (Å²) in [6.45, 7) is 3.28. The Labute approximate surface area is 176 Å². The molecule has 0 spiro atoms. The summed E-state index contributed by atoms with van der Waals surface area (Å²) in [4.78, 5) is 16.5. The molecule has 1 unspecified atom stereocenters. The minimum absolute atomic E-state index is 0.105. The number of nitrogens with one attached hydrogen (secondary N) is 1. The summed E-state index contributed by atoms with van der Waals surface area (Å²) in [5.41, 5.74) is 1.73. The molecule has 0 saturated carbocycles. The van der Waals surface area contributed by atoms with Crippen molar-refractivity contribution >= 4 is 34.1 Å². The number of hydrogen-bond acceptors (Lipinski definition) is 8. The zero-order chi connectivity index (χ0) is 20.2. The monoisotopic (exact) mass is 431 g/mol. The number of nitrogens with zero attached hydrogens (tertiary/aromatic N) is 4. The van der Waals surface area contributed by atoms with E-state index in [1.807, 2.05) is 16.9 Å². The van der Waals surface area contributed by atoms with Crippen LogP contribution >= 0.6 is 23.1 Å². The maximum absolute atomic E-state index is 12.3. The molecule has 1 amide bonds. The first-order valence-corrected chi connectivity index (χ1v) is 11.1. The van der Waals surface area contributed by atoms with Gasteiger partial charge in [-0.05, 0) is 44.0 Å². The third kappa shape index (κ3) is 4.95. The second-order valence-corrected chi connectivity index (χ2v) is 8.53. The highest BCUT2D eigenvalue weighted by Crippen LogP contribution is 2.27. The molecule has 1 aromatic carbocycles. The van der Waals surface area contributed by atoms with Crippen molar-refractivity contribution < 1.29 is 14.6 Å². The van der Waals surface area contributed by atoms with Crippen molar-refractivity contribution in [3.8, 4) is 17.1 Å². The van der Waals surface area contributed by atoms with Crippen molar-refractivity contribution in [3.63, 3.8) is 0 Å². The fourth-order valence-electron chi connectivity index (χ4n) is 3.07. The smallest absolute Gasteiger partial charge is 0.236 e. The molecule has 2 aromatic heterocycles. The Morgan fingerprint density at radius 3 is 2.90 bits per heavy atom. The largest absolute Gasteiger partial charge is 0.508 e. The molecule has 1 atom stereocenters.